The average Bonchev–Trinajstić information content (AvgIpc) is 2.76. The molecule has 3 aromatic rings. The van der Waals surface area contributed by atoms with Crippen LogP contribution in [0.25, 0.3) is 0 Å². The molecule has 3 heterocycles. The predicted molar refractivity (Wildman–Crippen MR) is 111 cm³/mol. The van der Waals surface area contributed by atoms with Gasteiger partial charge in [0.15, 0.2) is 0 Å². The minimum Gasteiger partial charge on any atom is -0.353 e. The van der Waals surface area contributed by atoms with Gasteiger partial charge in [-0.25, -0.2) is 9.97 Å². The predicted octanol–water partition coefficient (Wildman–Crippen LogP) is 3.84. The fraction of sp³-hybridized carbons (Fsp3) is 0.190. The maximum absolute atomic E-state index is 12.8. The number of aromatic nitrogens is 2. The molecule has 4 rings (SSSR count). The van der Waals surface area contributed by atoms with E-state index in [0.29, 0.717) is 29.5 Å². The van der Waals surface area contributed by atoms with E-state index in [1.54, 1.807) is 18.5 Å². The number of hydrogen-bond acceptors (Lipinski definition) is 5. The summed E-state index contributed by atoms with van der Waals surface area (Å²) >= 11 is 5.90. The summed E-state index contributed by atoms with van der Waals surface area (Å²) in [7, 11) is 0. The lowest BCUT2D eigenvalue weighted by molar-refractivity contribution is 0.0746. The third-order valence-corrected chi connectivity index (χ3v) is 4.92. The van der Waals surface area contributed by atoms with Crippen molar-refractivity contribution in [3.63, 3.8) is 0 Å². The lowest BCUT2D eigenvalue weighted by Gasteiger charge is -2.35. The summed E-state index contributed by atoms with van der Waals surface area (Å²) < 4.78 is 0. The molecule has 142 valence electrons. The molecule has 0 aliphatic carbocycles. The number of halogens is 1. The highest BCUT2D eigenvalue weighted by molar-refractivity contribution is 6.30. The topological polar surface area (TPSA) is 61.4 Å². The van der Waals surface area contributed by atoms with Crippen LogP contribution < -0.4 is 10.2 Å². The molecule has 28 heavy (non-hydrogen) atoms. The summed E-state index contributed by atoms with van der Waals surface area (Å²) in [6, 6.07) is 16.9. The van der Waals surface area contributed by atoms with Crippen molar-refractivity contribution in [3.8, 4) is 0 Å². The molecule has 0 radical (unpaired) electrons. The minimum atomic E-state index is 0.00575. The zero-order valence-corrected chi connectivity index (χ0v) is 16.0. The first-order valence-corrected chi connectivity index (χ1v) is 9.51. The highest BCUT2D eigenvalue weighted by Gasteiger charge is 2.22. The van der Waals surface area contributed by atoms with Crippen molar-refractivity contribution < 1.29 is 4.79 Å². The highest BCUT2D eigenvalue weighted by atomic mass is 35.5. The van der Waals surface area contributed by atoms with Crippen LogP contribution in [-0.2, 0) is 0 Å². The maximum atomic E-state index is 12.8. The van der Waals surface area contributed by atoms with Crippen molar-refractivity contribution in [2.75, 3.05) is 36.4 Å². The zero-order chi connectivity index (χ0) is 19.3. The number of amides is 1. The highest BCUT2D eigenvalue weighted by Crippen LogP contribution is 2.19. The van der Waals surface area contributed by atoms with E-state index in [9.17, 15) is 4.79 Å². The molecule has 7 heteroatoms. The SMILES string of the molecule is O=C(c1ccc(Nc2ccc(Cl)cc2)nc1)N1CCN(c2ccccn2)CC1. The van der Waals surface area contributed by atoms with Crippen molar-refractivity contribution in [2.24, 2.45) is 0 Å². The molecule has 1 amide bonds. The second-order valence-electron chi connectivity index (χ2n) is 6.53. The summed E-state index contributed by atoms with van der Waals surface area (Å²) in [6.45, 7) is 2.87. The number of hydrogen-bond donors (Lipinski definition) is 1. The van der Waals surface area contributed by atoms with Gasteiger partial charge in [0.25, 0.3) is 5.91 Å². The Kier molecular flexibility index (Phi) is 5.39. The molecule has 0 bridgehead atoms. The first-order chi connectivity index (χ1) is 13.7. The second kappa shape index (κ2) is 8.27. The molecule has 0 unspecified atom stereocenters. The first-order valence-electron chi connectivity index (χ1n) is 9.13. The van der Waals surface area contributed by atoms with Crippen molar-refractivity contribution in [1.29, 1.82) is 0 Å². The molecular formula is C21H20ClN5O. The molecule has 1 aliphatic rings. The van der Waals surface area contributed by atoms with Crippen LogP contribution in [0.4, 0.5) is 17.3 Å². The van der Waals surface area contributed by atoms with Crippen LogP contribution in [0.15, 0.2) is 67.0 Å². The van der Waals surface area contributed by atoms with Crippen LogP contribution in [0.2, 0.25) is 5.02 Å². The fourth-order valence-corrected chi connectivity index (χ4v) is 3.26. The number of nitrogens with zero attached hydrogens (tertiary/aromatic N) is 4. The van der Waals surface area contributed by atoms with Gasteiger partial charge in [-0.1, -0.05) is 17.7 Å². The van der Waals surface area contributed by atoms with E-state index >= 15 is 0 Å². The molecule has 2 aromatic heterocycles. The Labute approximate surface area is 168 Å². The van der Waals surface area contributed by atoms with Gasteiger partial charge in [0.1, 0.15) is 11.6 Å². The van der Waals surface area contributed by atoms with E-state index in [0.717, 1.165) is 24.6 Å². The Morgan fingerprint density at radius 2 is 1.71 bits per heavy atom. The van der Waals surface area contributed by atoms with Crippen LogP contribution in [0, 0.1) is 0 Å². The van der Waals surface area contributed by atoms with Crippen LogP contribution >= 0.6 is 11.6 Å². The van der Waals surface area contributed by atoms with E-state index in [-0.39, 0.29) is 5.91 Å². The Balaban J connectivity index is 1.35. The Bertz CT molecular complexity index is 923. The number of rotatable bonds is 4. The van der Waals surface area contributed by atoms with Crippen LogP contribution in [0.1, 0.15) is 10.4 Å². The average molecular weight is 394 g/mol. The first kappa shape index (κ1) is 18.3. The van der Waals surface area contributed by atoms with Crippen molar-refractivity contribution >= 4 is 34.8 Å². The van der Waals surface area contributed by atoms with Gasteiger partial charge in [-0.3, -0.25) is 4.79 Å². The third kappa shape index (κ3) is 4.23. The number of piperazine rings is 1. The monoisotopic (exact) mass is 393 g/mol. The molecule has 1 N–H and O–H groups in total. The van der Waals surface area contributed by atoms with E-state index in [2.05, 4.69) is 20.2 Å². The summed E-state index contributed by atoms with van der Waals surface area (Å²) in [5, 5.41) is 3.88. The zero-order valence-electron chi connectivity index (χ0n) is 15.3. The quantitative estimate of drug-likeness (QED) is 0.729. The number of pyridine rings is 2. The van der Waals surface area contributed by atoms with E-state index in [1.165, 1.54) is 0 Å². The van der Waals surface area contributed by atoms with Gasteiger partial charge in [-0.15, -0.1) is 0 Å². The van der Waals surface area contributed by atoms with Gasteiger partial charge >= 0.3 is 0 Å². The summed E-state index contributed by atoms with van der Waals surface area (Å²) in [5.41, 5.74) is 1.48. The molecule has 1 aromatic carbocycles. The lowest BCUT2D eigenvalue weighted by atomic mass is 10.2. The smallest absolute Gasteiger partial charge is 0.255 e. The molecular weight excluding hydrogens is 374 g/mol. The Morgan fingerprint density at radius 3 is 2.36 bits per heavy atom. The van der Waals surface area contributed by atoms with Gasteiger partial charge < -0.3 is 15.1 Å². The lowest BCUT2D eigenvalue weighted by Crippen LogP contribution is -2.49. The van der Waals surface area contributed by atoms with Gasteiger partial charge in [0.05, 0.1) is 5.56 Å². The number of nitrogens with one attached hydrogen (secondary N) is 1. The molecule has 0 saturated carbocycles. The Hall–Kier alpha value is -3.12. The van der Waals surface area contributed by atoms with Gasteiger partial charge in [-0.2, -0.15) is 0 Å². The number of anilines is 3. The number of carbonyl (C=O) groups is 1. The van der Waals surface area contributed by atoms with Crippen LogP contribution in [0.5, 0.6) is 0 Å². The van der Waals surface area contributed by atoms with Crippen LogP contribution in [0.3, 0.4) is 0 Å². The van der Waals surface area contributed by atoms with Crippen molar-refractivity contribution in [3.05, 3.63) is 77.6 Å². The normalized spacial score (nSPS) is 14.0. The standard InChI is InChI=1S/C21H20ClN5O/c22-17-5-7-18(8-6-17)25-19-9-4-16(15-24-19)21(28)27-13-11-26(12-14-27)20-3-1-2-10-23-20/h1-10,15H,11-14H2,(H,24,25). The Morgan fingerprint density at radius 1 is 0.929 bits per heavy atom. The third-order valence-electron chi connectivity index (χ3n) is 4.67. The van der Waals surface area contributed by atoms with Crippen LogP contribution in [-0.4, -0.2) is 47.0 Å². The molecule has 0 atom stereocenters. The van der Waals surface area contributed by atoms with Gasteiger partial charge in [0.2, 0.25) is 0 Å². The van der Waals surface area contributed by atoms with E-state index in [4.69, 9.17) is 11.6 Å². The summed E-state index contributed by atoms with van der Waals surface area (Å²) in [4.78, 5) is 25.6. The molecule has 6 nitrogen and oxygen atoms in total. The summed E-state index contributed by atoms with van der Waals surface area (Å²) in [6.07, 6.45) is 3.41. The maximum Gasteiger partial charge on any atom is 0.255 e. The number of carbonyl (C=O) groups excluding carboxylic acids is 1. The fourth-order valence-electron chi connectivity index (χ4n) is 3.14. The summed E-state index contributed by atoms with van der Waals surface area (Å²) in [5.74, 6) is 1.64. The molecule has 1 saturated heterocycles. The van der Waals surface area contributed by atoms with Crippen molar-refractivity contribution in [2.45, 2.75) is 0 Å². The van der Waals surface area contributed by atoms with Gasteiger partial charge in [0, 0.05) is 49.3 Å². The largest absolute Gasteiger partial charge is 0.353 e. The van der Waals surface area contributed by atoms with E-state index in [1.807, 2.05) is 53.4 Å². The molecule has 1 aliphatic heterocycles. The van der Waals surface area contributed by atoms with E-state index < -0.39 is 0 Å². The van der Waals surface area contributed by atoms with Crippen molar-refractivity contribution in [1.82, 2.24) is 14.9 Å². The van der Waals surface area contributed by atoms with Gasteiger partial charge in [-0.05, 0) is 48.5 Å². The number of benzene rings is 1. The minimum absolute atomic E-state index is 0.00575. The second-order valence-corrected chi connectivity index (χ2v) is 6.97. The molecule has 0 spiro atoms. The molecule has 1 fully saturated rings.